The summed E-state index contributed by atoms with van der Waals surface area (Å²) in [6, 6.07) is 9.54. The Morgan fingerprint density at radius 1 is 1.00 bits per heavy atom. The minimum atomic E-state index is -1.10. The number of nitro groups is 1. The molecule has 0 unspecified atom stereocenters. The first-order valence-corrected chi connectivity index (χ1v) is 7.58. The Kier molecular flexibility index (Phi) is 5.86. The number of anilines is 1. The molecular weight excluding hydrogens is 364 g/mol. The molecule has 0 spiro atoms. The molecule has 0 radical (unpaired) electrons. The molecule has 0 bridgehead atoms. The van der Waals surface area contributed by atoms with Crippen molar-refractivity contribution in [2.24, 2.45) is 0 Å². The van der Waals surface area contributed by atoms with Gasteiger partial charge in [0.1, 0.15) is 0 Å². The van der Waals surface area contributed by atoms with Crippen LogP contribution in [0, 0.1) is 17.0 Å². The minimum absolute atomic E-state index is 0.0713. The van der Waals surface area contributed by atoms with Crippen LogP contribution in [0.1, 0.15) is 15.9 Å². The van der Waals surface area contributed by atoms with Crippen molar-refractivity contribution in [1.82, 2.24) is 10.9 Å². The highest BCUT2D eigenvalue weighted by molar-refractivity contribution is 6.40. The smallest absolute Gasteiger partial charge is 0.317 e. The van der Waals surface area contributed by atoms with Gasteiger partial charge in [0.25, 0.3) is 11.6 Å². The topological polar surface area (TPSA) is 130 Å². The van der Waals surface area contributed by atoms with Crippen LogP contribution in [-0.4, -0.2) is 22.6 Å². The number of carbonyl (C=O) groups excluding carboxylic acids is 3. The zero-order chi connectivity index (χ0) is 19.3. The molecule has 0 heterocycles. The van der Waals surface area contributed by atoms with Gasteiger partial charge in [-0.25, -0.2) is 0 Å². The lowest BCUT2D eigenvalue weighted by Crippen LogP contribution is -2.46. The zero-order valence-electron chi connectivity index (χ0n) is 13.4. The minimum Gasteiger partial charge on any atom is -0.317 e. The monoisotopic (exact) mass is 376 g/mol. The summed E-state index contributed by atoms with van der Waals surface area (Å²) in [4.78, 5) is 45.4. The maximum absolute atomic E-state index is 11.9. The van der Waals surface area contributed by atoms with Gasteiger partial charge in [-0.2, -0.15) is 0 Å². The summed E-state index contributed by atoms with van der Waals surface area (Å²) < 4.78 is 0. The fraction of sp³-hybridized carbons (Fsp3) is 0.0625. The highest BCUT2D eigenvalue weighted by atomic mass is 35.5. The predicted octanol–water partition coefficient (Wildman–Crippen LogP) is 1.96. The van der Waals surface area contributed by atoms with E-state index in [0.29, 0.717) is 16.3 Å². The third kappa shape index (κ3) is 4.54. The summed E-state index contributed by atoms with van der Waals surface area (Å²) in [6.45, 7) is 1.67. The highest BCUT2D eigenvalue weighted by Crippen LogP contribution is 2.22. The Morgan fingerprint density at radius 3 is 2.27 bits per heavy atom. The molecule has 26 heavy (non-hydrogen) atoms. The van der Waals surface area contributed by atoms with E-state index in [1.165, 1.54) is 12.1 Å². The van der Waals surface area contributed by atoms with Crippen molar-refractivity contribution in [2.75, 3.05) is 5.32 Å². The number of rotatable bonds is 3. The summed E-state index contributed by atoms with van der Waals surface area (Å²) in [7, 11) is 0. The van der Waals surface area contributed by atoms with Gasteiger partial charge >= 0.3 is 11.8 Å². The van der Waals surface area contributed by atoms with Crippen LogP contribution in [0.2, 0.25) is 5.02 Å². The van der Waals surface area contributed by atoms with Crippen LogP contribution >= 0.6 is 11.6 Å². The molecule has 0 aliphatic rings. The van der Waals surface area contributed by atoms with Crippen molar-refractivity contribution >= 4 is 40.7 Å². The van der Waals surface area contributed by atoms with E-state index in [-0.39, 0.29) is 11.3 Å². The number of benzene rings is 2. The standard InChI is InChI=1S/C16H13ClN4O5/c1-9-12(17)3-2-4-13(9)18-15(23)16(24)20-19-14(22)10-5-7-11(8-6-10)21(25)26/h2-8H,1H3,(H,18,23)(H,19,22)(H,20,24). The first-order valence-electron chi connectivity index (χ1n) is 7.21. The fourth-order valence-corrected chi connectivity index (χ4v) is 2.07. The normalized spacial score (nSPS) is 9.92. The maximum Gasteiger partial charge on any atom is 0.328 e. The summed E-state index contributed by atoms with van der Waals surface area (Å²) in [5.41, 5.74) is 4.84. The molecule has 134 valence electrons. The number of hydrazine groups is 1. The number of hydrogen-bond acceptors (Lipinski definition) is 5. The van der Waals surface area contributed by atoms with Crippen molar-refractivity contribution < 1.29 is 19.3 Å². The van der Waals surface area contributed by atoms with E-state index in [9.17, 15) is 24.5 Å². The lowest BCUT2D eigenvalue weighted by molar-refractivity contribution is -0.384. The molecule has 0 aliphatic carbocycles. The molecular formula is C16H13ClN4O5. The number of nitrogens with one attached hydrogen (secondary N) is 3. The maximum atomic E-state index is 11.9. The van der Waals surface area contributed by atoms with E-state index in [2.05, 4.69) is 5.32 Å². The van der Waals surface area contributed by atoms with Crippen LogP contribution in [0.5, 0.6) is 0 Å². The molecule has 0 saturated carbocycles. The van der Waals surface area contributed by atoms with E-state index < -0.39 is 22.6 Å². The van der Waals surface area contributed by atoms with Crippen LogP contribution in [0.25, 0.3) is 0 Å². The SMILES string of the molecule is Cc1c(Cl)cccc1NC(=O)C(=O)NNC(=O)c1ccc([N+](=O)[O-])cc1. The van der Waals surface area contributed by atoms with Crippen LogP contribution in [0.4, 0.5) is 11.4 Å². The largest absolute Gasteiger partial charge is 0.328 e. The lowest BCUT2D eigenvalue weighted by Gasteiger charge is -2.10. The van der Waals surface area contributed by atoms with Crippen LogP contribution < -0.4 is 16.2 Å². The van der Waals surface area contributed by atoms with Gasteiger partial charge in [-0.3, -0.25) is 35.3 Å². The predicted molar refractivity (Wildman–Crippen MR) is 93.5 cm³/mol. The van der Waals surface area contributed by atoms with E-state index in [4.69, 9.17) is 11.6 Å². The Balaban J connectivity index is 1.92. The van der Waals surface area contributed by atoms with Gasteiger partial charge in [0, 0.05) is 28.4 Å². The zero-order valence-corrected chi connectivity index (χ0v) is 14.2. The Bertz CT molecular complexity index is 883. The summed E-state index contributed by atoms with van der Waals surface area (Å²) >= 11 is 5.93. The molecule has 9 nitrogen and oxygen atoms in total. The molecule has 2 aromatic carbocycles. The summed E-state index contributed by atoms with van der Waals surface area (Å²) in [6.07, 6.45) is 0. The van der Waals surface area contributed by atoms with Crippen molar-refractivity contribution in [3.05, 3.63) is 68.7 Å². The molecule has 0 fully saturated rings. The number of amides is 3. The van der Waals surface area contributed by atoms with Gasteiger partial charge in [-0.1, -0.05) is 17.7 Å². The van der Waals surface area contributed by atoms with Crippen molar-refractivity contribution in [3.63, 3.8) is 0 Å². The van der Waals surface area contributed by atoms with Gasteiger partial charge in [0.05, 0.1) is 4.92 Å². The number of hydrogen-bond donors (Lipinski definition) is 3. The van der Waals surface area contributed by atoms with E-state index >= 15 is 0 Å². The quantitative estimate of drug-likeness (QED) is 0.428. The van der Waals surface area contributed by atoms with Crippen LogP contribution in [0.15, 0.2) is 42.5 Å². The molecule has 2 rings (SSSR count). The Hall–Kier alpha value is -3.46. The van der Waals surface area contributed by atoms with E-state index in [1.54, 1.807) is 25.1 Å². The van der Waals surface area contributed by atoms with Gasteiger partial charge in [-0.05, 0) is 36.8 Å². The second kappa shape index (κ2) is 8.08. The fourth-order valence-electron chi connectivity index (χ4n) is 1.90. The van der Waals surface area contributed by atoms with Crippen molar-refractivity contribution in [1.29, 1.82) is 0 Å². The van der Waals surface area contributed by atoms with Crippen molar-refractivity contribution in [2.45, 2.75) is 6.92 Å². The molecule has 0 aromatic heterocycles. The number of halogens is 1. The number of nitrogens with zero attached hydrogens (tertiary/aromatic N) is 1. The molecule has 3 amide bonds. The average molecular weight is 377 g/mol. The highest BCUT2D eigenvalue weighted by Gasteiger charge is 2.17. The number of carbonyl (C=O) groups is 3. The van der Waals surface area contributed by atoms with Gasteiger partial charge in [0.2, 0.25) is 0 Å². The molecule has 0 saturated heterocycles. The van der Waals surface area contributed by atoms with Crippen molar-refractivity contribution in [3.8, 4) is 0 Å². The average Bonchev–Trinajstić information content (AvgIpc) is 2.63. The third-order valence-corrected chi connectivity index (χ3v) is 3.76. The van der Waals surface area contributed by atoms with Gasteiger partial charge < -0.3 is 5.32 Å². The van der Waals surface area contributed by atoms with Gasteiger partial charge in [0.15, 0.2) is 0 Å². The van der Waals surface area contributed by atoms with Crippen LogP contribution in [0.3, 0.4) is 0 Å². The lowest BCUT2D eigenvalue weighted by atomic mass is 10.2. The molecule has 10 heteroatoms. The first kappa shape index (κ1) is 18.9. The molecule has 0 atom stereocenters. The van der Waals surface area contributed by atoms with E-state index in [0.717, 1.165) is 12.1 Å². The Labute approximate surface area is 152 Å². The second-order valence-corrected chi connectivity index (χ2v) is 5.49. The number of nitro benzene ring substituents is 1. The molecule has 2 aromatic rings. The third-order valence-electron chi connectivity index (χ3n) is 3.35. The molecule has 0 aliphatic heterocycles. The van der Waals surface area contributed by atoms with E-state index in [1.807, 2.05) is 10.9 Å². The summed E-state index contributed by atoms with van der Waals surface area (Å²) in [5, 5.41) is 13.4. The van der Waals surface area contributed by atoms with Gasteiger partial charge in [-0.15, -0.1) is 0 Å². The molecule has 3 N–H and O–H groups in total. The first-order chi connectivity index (χ1) is 12.3. The Morgan fingerprint density at radius 2 is 1.65 bits per heavy atom. The number of non-ortho nitro benzene ring substituents is 1. The summed E-state index contributed by atoms with van der Waals surface area (Å²) in [5.74, 6) is -2.83. The second-order valence-electron chi connectivity index (χ2n) is 5.08. The van der Waals surface area contributed by atoms with Crippen LogP contribution in [-0.2, 0) is 9.59 Å².